The maximum Gasteiger partial charge on any atom is 0.273 e. The molecule has 2 aromatic heterocycles. The van der Waals surface area contributed by atoms with E-state index in [-0.39, 0.29) is 34.6 Å². The number of nitrogens with zero attached hydrogens (tertiary/aromatic N) is 4. The molecule has 174 valence electrons. The summed E-state index contributed by atoms with van der Waals surface area (Å²) in [5.74, 6) is -1.12. The molecule has 1 aromatic carbocycles. The highest BCUT2D eigenvalue weighted by molar-refractivity contribution is 7.22. The van der Waals surface area contributed by atoms with Crippen LogP contribution in [0.1, 0.15) is 19.8 Å². The fourth-order valence-electron chi connectivity index (χ4n) is 3.70. The number of thiazole rings is 1. The molecule has 1 saturated heterocycles. The zero-order chi connectivity index (χ0) is 23.5. The number of aromatic nitrogens is 3. The molecular weight excluding hydrogens is 471 g/mol. The van der Waals surface area contributed by atoms with E-state index in [1.165, 1.54) is 34.4 Å². The number of anilines is 2. The first-order chi connectivity index (χ1) is 15.9. The van der Waals surface area contributed by atoms with Gasteiger partial charge in [0.1, 0.15) is 23.4 Å². The number of hydrogen-bond acceptors (Lipinski definition) is 7. The molecule has 0 bridgehead atoms. The summed E-state index contributed by atoms with van der Waals surface area (Å²) in [7, 11) is 0. The van der Waals surface area contributed by atoms with Crippen molar-refractivity contribution in [1.82, 2.24) is 19.9 Å². The molecule has 0 aliphatic carbocycles. The van der Waals surface area contributed by atoms with Gasteiger partial charge in [-0.3, -0.25) is 19.0 Å². The van der Waals surface area contributed by atoms with E-state index < -0.39 is 11.7 Å². The molecule has 0 spiro atoms. The molecule has 1 fully saturated rings. The molecule has 0 radical (unpaired) electrons. The van der Waals surface area contributed by atoms with E-state index in [2.05, 4.69) is 20.6 Å². The van der Waals surface area contributed by atoms with E-state index in [1.807, 2.05) is 11.8 Å². The molecule has 9 nitrogen and oxygen atoms in total. The minimum absolute atomic E-state index is 0.0241. The molecule has 2 amide bonds. The number of hydrogen-bond donors (Lipinski definition) is 2. The number of nitrogens with one attached hydrogen (secondary N) is 2. The Morgan fingerprint density at radius 1 is 1.36 bits per heavy atom. The summed E-state index contributed by atoms with van der Waals surface area (Å²) in [5.41, 5.74) is 0.164. The fourth-order valence-corrected chi connectivity index (χ4v) is 4.92. The van der Waals surface area contributed by atoms with Gasteiger partial charge in [0, 0.05) is 19.6 Å². The minimum Gasteiger partial charge on any atom is -0.356 e. The van der Waals surface area contributed by atoms with E-state index >= 15 is 0 Å². The van der Waals surface area contributed by atoms with Gasteiger partial charge >= 0.3 is 0 Å². The highest BCUT2D eigenvalue weighted by Gasteiger charge is 2.27. The first kappa shape index (κ1) is 23.1. The van der Waals surface area contributed by atoms with Gasteiger partial charge < -0.3 is 15.5 Å². The Balaban J connectivity index is 1.50. The normalized spacial score (nSPS) is 16.1. The van der Waals surface area contributed by atoms with Crippen molar-refractivity contribution >= 4 is 55.9 Å². The number of rotatable bonds is 6. The summed E-state index contributed by atoms with van der Waals surface area (Å²) < 4.78 is 14.7. The molecule has 4 rings (SSSR count). The Morgan fingerprint density at radius 2 is 2.18 bits per heavy atom. The van der Waals surface area contributed by atoms with Crippen molar-refractivity contribution in [1.29, 1.82) is 0 Å². The van der Waals surface area contributed by atoms with Gasteiger partial charge in [-0.15, -0.1) is 0 Å². The van der Waals surface area contributed by atoms with Crippen LogP contribution in [0, 0.1) is 11.7 Å². The summed E-state index contributed by atoms with van der Waals surface area (Å²) in [5, 5.41) is 6.11. The van der Waals surface area contributed by atoms with Gasteiger partial charge in [0.2, 0.25) is 11.8 Å². The summed E-state index contributed by atoms with van der Waals surface area (Å²) in [6.07, 6.45) is 2.93. The number of halogens is 2. The molecule has 1 atom stereocenters. The second-order valence-electron chi connectivity index (χ2n) is 7.68. The first-order valence-corrected chi connectivity index (χ1v) is 11.7. The third kappa shape index (κ3) is 5.14. The Hall–Kier alpha value is -3.05. The van der Waals surface area contributed by atoms with Crippen LogP contribution in [0.15, 0.2) is 29.3 Å². The van der Waals surface area contributed by atoms with Crippen LogP contribution in [0.25, 0.3) is 10.3 Å². The summed E-state index contributed by atoms with van der Waals surface area (Å²) in [6.45, 7) is 3.45. The quantitative estimate of drug-likeness (QED) is 0.547. The van der Waals surface area contributed by atoms with Crippen LogP contribution in [0.3, 0.4) is 0 Å². The Morgan fingerprint density at radius 3 is 2.94 bits per heavy atom. The first-order valence-electron chi connectivity index (χ1n) is 10.5. The Bertz CT molecular complexity index is 1260. The third-order valence-corrected chi connectivity index (χ3v) is 6.71. The number of piperidine rings is 1. The van der Waals surface area contributed by atoms with Crippen molar-refractivity contribution in [2.75, 3.05) is 29.9 Å². The molecule has 0 saturated carbocycles. The highest BCUT2D eigenvalue weighted by atomic mass is 35.5. The monoisotopic (exact) mass is 492 g/mol. The molecule has 1 aliphatic rings. The Kier molecular flexibility index (Phi) is 6.89. The third-order valence-electron chi connectivity index (χ3n) is 5.31. The van der Waals surface area contributed by atoms with Gasteiger partial charge in [-0.2, -0.15) is 4.98 Å². The maximum absolute atomic E-state index is 13.2. The molecular formula is C21H22ClFN6O3S. The summed E-state index contributed by atoms with van der Waals surface area (Å²) >= 11 is 7.14. The van der Waals surface area contributed by atoms with Gasteiger partial charge in [-0.05, 0) is 38.0 Å². The lowest BCUT2D eigenvalue weighted by Gasteiger charge is -2.31. The average Bonchev–Trinajstić information content (AvgIpc) is 3.23. The molecule has 2 N–H and O–H groups in total. The fraction of sp³-hybridized carbons (Fsp3) is 0.381. The van der Waals surface area contributed by atoms with Crippen molar-refractivity contribution in [2.45, 2.75) is 26.3 Å². The van der Waals surface area contributed by atoms with Crippen LogP contribution >= 0.6 is 22.9 Å². The number of carbonyl (C=O) groups is 2. The predicted molar refractivity (Wildman–Crippen MR) is 125 cm³/mol. The molecule has 3 aromatic rings. The van der Waals surface area contributed by atoms with Gasteiger partial charge in [0.15, 0.2) is 10.8 Å². The van der Waals surface area contributed by atoms with Crippen LogP contribution in [-0.2, 0) is 16.1 Å². The largest absolute Gasteiger partial charge is 0.356 e. The molecule has 1 unspecified atom stereocenters. The lowest BCUT2D eigenvalue weighted by molar-refractivity contribution is -0.125. The van der Waals surface area contributed by atoms with E-state index in [0.29, 0.717) is 28.6 Å². The van der Waals surface area contributed by atoms with E-state index in [1.54, 1.807) is 0 Å². The lowest BCUT2D eigenvalue weighted by Crippen LogP contribution is -2.43. The SMILES string of the molecule is CCNC(=O)C1CCCN(c2nc3ncn(CC(=O)Nc4ccc(F)cc4Cl)c(=O)c3s2)C1. The van der Waals surface area contributed by atoms with Gasteiger partial charge in [-0.25, -0.2) is 9.37 Å². The highest BCUT2D eigenvalue weighted by Crippen LogP contribution is 2.29. The Labute approximate surface area is 197 Å². The minimum atomic E-state index is -0.518. The molecule has 1 aliphatic heterocycles. The second kappa shape index (κ2) is 9.84. The lowest BCUT2D eigenvalue weighted by atomic mass is 9.97. The van der Waals surface area contributed by atoms with Gasteiger partial charge in [0.25, 0.3) is 5.56 Å². The summed E-state index contributed by atoms with van der Waals surface area (Å²) in [4.78, 5) is 48.3. The van der Waals surface area contributed by atoms with E-state index in [9.17, 15) is 18.8 Å². The van der Waals surface area contributed by atoms with Crippen molar-refractivity contribution in [2.24, 2.45) is 5.92 Å². The molecule has 3 heterocycles. The van der Waals surface area contributed by atoms with Crippen LogP contribution in [0.4, 0.5) is 15.2 Å². The predicted octanol–water partition coefficient (Wildman–Crippen LogP) is 2.64. The van der Waals surface area contributed by atoms with E-state index in [4.69, 9.17) is 11.6 Å². The molecule has 33 heavy (non-hydrogen) atoms. The van der Waals surface area contributed by atoms with Gasteiger partial charge in [-0.1, -0.05) is 22.9 Å². The second-order valence-corrected chi connectivity index (χ2v) is 9.06. The average molecular weight is 493 g/mol. The van der Waals surface area contributed by atoms with Crippen molar-refractivity contribution < 1.29 is 14.0 Å². The van der Waals surface area contributed by atoms with Crippen LogP contribution in [0.2, 0.25) is 5.02 Å². The number of fused-ring (bicyclic) bond motifs is 1. The zero-order valence-electron chi connectivity index (χ0n) is 17.8. The van der Waals surface area contributed by atoms with Crippen LogP contribution in [0.5, 0.6) is 0 Å². The van der Waals surface area contributed by atoms with Gasteiger partial charge in [0.05, 0.1) is 16.6 Å². The number of benzene rings is 1. The molecule has 12 heteroatoms. The maximum atomic E-state index is 13.2. The van der Waals surface area contributed by atoms with E-state index in [0.717, 1.165) is 25.5 Å². The van der Waals surface area contributed by atoms with Crippen LogP contribution in [-0.4, -0.2) is 46.0 Å². The number of amides is 2. The standard InChI is InChI=1S/C21H22ClFN6O3S/c1-2-24-19(31)12-4-3-7-28(9-12)21-27-18-17(33-21)20(32)29(11-25-18)10-16(30)26-15-6-5-13(23)8-14(15)22/h5-6,8,11-12H,2-4,7,9-10H2,1H3,(H,24,31)(H,26,30). The number of carbonyl (C=O) groups excluding carboxylic acids is 2. The van der Waals surface area contributed by atoms with Crippen molar-refractivity contribution in [3.8, 4) is 0 Å². The van der Waals surface area contributed by atoms with Crippen molar-refractivity contribution in [3.63, 3.8) is 0 Å². The van der Waals surface area contributed by atoms with Crippen LogP contribution < -0.4 is 21.1 Å². The van der Waals surface area contributed by atoms with Crippen molar-refractivity contribution in [3.05, 3.63) is 45.7 Å². The zero-order valence-corrected chi connectivity index (χ0v) is 19.4. The summed E-state index contributed by atoms with van der Waals surface area (Å²) in [6, 6.07) is 3.62. The topological polar surface area (TPSA) is 109 Å². The smallest absolute Gasteiger partial charge is 0.273 e.